The van der Waals surface area contributed by atoms with Crippen LogP contribution in [0.2, 0.25) is 5.02 Å². The number of esters is 1. The number of hydrogen-bond donors (Lipinski definition) is 1. The first-order chi connectivity index (χ1) is 13.0. The van der Waals surface area contributed by atoms with E-state index < -0.39 is 0 Å². The second kappa shape index (κ2) is 8.40. The van der Waals surface area contributed by atoms with Gasteiger partial charge in [-0.2, -0.15) is 0 Å². The summed E-state index contributed by atoms with van der Waals surface area (Å²) in [6.07, 6.45) is 2.35. The van der Waals surface area contributed by atoms with Gasteiger partial charge in [0.25, 0.3) is 0 Å². The molecule has 27 heavy (non-hydrogen) atoms. The summed E-state index contributed by atoms with van der Waals surface area (Å²) in [5.41, 5.74) is 3.04. The second-order valence-corrected chi connectivity index (χ2v) is 7.09. The lowest BCUT2D eigenvalue weighted by Gasteiger charge is -2.14. The van der Waals surface area contributed by atoms with Gasteiger partial charge < -0.3 is 9.72 Å². The number of carbonyl (C=O) groups excluding carboxylic acids is 2. The standard InChI is InChI=1S/C22H22ClNO3/c1-3-4-16(11-14-5-7-15(8-6-14)22(26)27-2)21(25)20-13-17-12-18(23)9-10-19(17)24-20/h5-10,12-13,16,24H,3-4,11H2,1-2H3/t16-/m0/s1. The molecule has 0 amide bonds. The number of methoxy groups -OCH3 is 1. The fraction of sp³-hybridized carbons (Fsp3) is 0.273. The molecule has 4 nitrogen and oxygen atoms in total. The van der Waals surface area contributed by atoms with E-state index in [0.717, 1.165) is 29.3 Å². The Morgan fingerprint density at radius 2 is 1.85 bits per heavy atom. The van der Waals surface area contributed by atoms with Crippen LogP contribution in [-0.4, -0.2) is 23.8 Å². The zero-order chi connectivity index (χ0) is 19.4. The quantitative estimate of drug-likeness (QED) is 0.436. The molecule has 3 aromatic rings. The third-order valence-electron chi connectivity index (χ3n) is 4.71. The summed E-state index contributed by atoms with van der Waals surface area (Å²) in [4.78, 5) is 27.8. The third-order valence-corrected chi connectivity index (χ3v) is 4.95. The van der Waals surface area contributed by atoms with E-state index in [2.05, 4.69) is 11.9 Å². The number of halogens is 1. The van der Waals surface area contributed by atoms with Gasteiger partial charge in [-0.3, -0.25) is 4.79 Å². The van der Waals surface area contributed by atoms with E-state index in [0.29, 0.717) is 22.7 Å². The molecule has 5 heteroatoms. The molecule has 0 aliphatic rings. The molecule has 0 bridgehead atoms. The number of rotatable bonds is 7. The third kappa shape index (κ3) is 4.40. The summed E-state index contributed by atoms with van der Waals surface area (Å²) in [6, 6.07) is 14.6. The fourth-order valence-electron chi connectivity index (χ4n) is 3.31. The molecule has 2 aromatic carbocycles. The van der Waals surface area contributed by atoms with Crippen molar-refractivity contribution in [1.82, 2.24) is 4.98 Å². The molecule has 0 aliphatic carbocycles. The molecule has 0 unspecified atom stereocenters. The number of ketones is 1. The average molecular weight is 384 g/mol. The normalized spacial score (nSPS) is 12.1. The summed E-state index contributed by atoms with van der Waals surface area (Å²) in [5.74, 6) is -0.386. The van der Waals surface area contributed by atoms with Crippen LogP contribution in [0, 0.1) is 5.92 Å². The highest BCUT2D eigenvalue weighted by Crippen LogP contribution is 2.24. The van der Waals surface area contributed by atoms with Crippen molar-refractivity contribution in [2.24, 2.45) is 5.92 Å². The summed E-state index contributed by atoms with van der Waals surface area (Å²) in [7, 11) is 1.36. The van der Waals surface area contributed by atoms with Crippen LogP contribution in [0.25, 0.3) is 10.9 Å². The highest BCUT2D eigenvalue weighted by Gasteiger charge is 2.22. The van der Waals surface area contributed by atoms with Crippen LogP contribution < -0.4 is 0 Å². The number of carbonyl (C=O) groups is 2. The zero-order valence-electron chi connectivity index (χ0n) is 15.4. The van der Waals surface area contributed by atoms with E-state index in [-0.39, 0.29) is 17.7 Å². The number of nitrogens with one attached hydrogen (secondary N) is 1. The number of fused-ring (bicyclic) bond motifs is 1. The van der Waals surface area contributed by atoms with Crippen molar-refractivity contribution in [3.05, 3.63) is 70.4 Å². The van der Waals surface area contributed by atoms with E-state index in [1.165, 1.54) is 7.11 Å². The van der Waals surface area contributed by atoms with Gasteiger partial charge in [0.15, 0.2) is 5.78 Å². The maximum atomic E-state index is 13.1. The molecule has 140 valence electrons. The number of ether oxygens (including phenoxy) is 1. The van der Waals surface area contributed by atoms with Gasteiger partial charge in [0.2, 0.25) is 0 Å². The first kappa shape index (κ1) is 19.2. The van der Waals surface area contributed by atoms with Crippen LogP contribution in [-0.2, 0) is 11.2 Å². The van der Waals surface area contributed by atoms with Crippen molar-refractivity contribution in [3.8, 4) is 0 Å². The van der Waals surface area contributed by atoms with Crippen LogP contribution >= 0.6 is 11.6 Å². The van der Waals surface area contributed by atoms with Gasteiger partial charge in [0.05, 0.1) is 18.4 Å². The molecular formula is C22H22ClNO3. The zero-order valence-corrected chi connectivity index (χ0v) is 16.2. The Labute approximate surface area is 163 Å². The van der Waals surface area contributed by atoms with Crippen molar-refractivity contribution in [2.45, 2.75) is 26.2 Å². The molecule has 3 rings (SSSR count). The molecule has 0 aliphatic heterocycles. The highest BCUT2D eigenvalue weighted by atomic mass is 35.5. The predicted octanol–water partition coefficient (Wildman–Crippen LogP) is 5.45. The van der Waals surface area contributed by atoms with Gasteiger partial charge in [-0.15, -0.1) is 0 Å². The van der Waals surface area contributed by atoms with Crippen molar-refractivity contribution in [2.75, 3.05) is 7.11 Å². The Morgan fingerprint density at radius 3 is 2.52 bits per heavy atom. The van der Waals surface area contributed by atoms with Crippen LogP contribution in [0.15, 0.2) is 48.5 Å². The molecule has 1 aromatic heterocycles. The molecule has 0 fully saturated rings. The van der Waals surface area contributed by atoms with E-state index in [1.54, 1.807) is 18.2 Å². The van der Waals surface area contributed by atoms with Crippen LogP contribution in [0.5, 0.6) is 0 Å². The minimum absolute atomic E-state index is 0.0983. The number of aromatic amines is 1. The summed E-state index contributed by atoms with van der Waals surface area (Å²) >= 11 is 6.04. The van der Waals surface area contributed by atoms with Crippen molar-refractivity contribution in [3.63, 3.8) is 0 Å². The highest BCUT2D eigenvalue weighted by molar-refractivity contribution is 6.31. The van der Waals surface area contributed by atoms with Crippen LogP contribution in [0.1, 0.15) is 46.2 Å². The first-order valence-electron chi connectivity index (χ1n) is 9.01. The van der Waals surface area contributed by atoms with Gasteiger partial charge >= 0.3 is 5.97 Å². The van der Waals surface area contributed by atoms with Crippen molar-refractivity contribution in [1.29, 1.82) is 0 Å². The van der Waals surface area contributed by atoms with Gasteiger partial charge in [0, 0.05) is 21.8 Å². The Morgan fingerprint density at radius 1 is 1.11 bits per heavy atom. The predicted molar refractivity (Wildman–Crippen MR) is 108 cm³/mol. The summed E-state index contributed by atoms with van der Waals surface area (Å²) in [5, 5.41) is 1.58. The Bertz CT molecular complexity index is 959. The van der Waals surface area contributed by atoms with E-state index in [9.17, 15) is 9.59 Å². The Kier molecular flexibility index (Phi) is 5.97. The van der Waals surface area contributed by atoms with Gasteiger partial charge in [-0.05, 0) is 54.8 Å². The summed E-state index contributed by atoms with van der Waals surface area (Å²) < 4.78 is 4.72. The SMILES string of the molecule is CCC[C@@H](Cc1ccc(C(=O)OC)cc1)C(=O)c1cc2cc(Cl)ccc2[nH]1. The number of hydrogen-bond acceptors (Lipinski definition) is 3. The molecule has 0 spiro atoms. The fourth-order valence-corrected chi connectivity index (χ4v) is 3.49. The molecule has 0 radical (unpaired) electrons. The Balaban J connectivity index is 1.81. The Hall–Kier alpha value is -2.59. The number of benzene rings is 2. The largest absolute Gasteiger partial charge is 0.465 e. The summed E-state index contributed by atoms with van der Waals surface area (Å²) in [6.45, 7) is 2.08. The van der Waals surface area contributed by atoms with E-state index in [1.807, 2.05) is 30.3 Å². The molecule has 1 N–H and O–H groups in total. The van der Waals surface area contributed by atoms with E-state index >= 15 is 0 Å². The van der Waals surface area contributed by atoms with Crippen molar-refractivity contribution >= 4 is 34.3 Å². The monoisotopic (exact) mass is 383 g/mol. The number of Topliss-reactive ketones (excluding diaryl/α,β-unsaturated/α-hetero) is 1. The van der Waals surface area contributed by atoms with Gasteiger partial charge in [-0.25, -0.2) is 4.79 Å². The first-order valence-corrected chi connectivity index (χ1v) is 9.39. The minimum atomic E-state index is -0.362. The lowest BCUT2D eigenvalue weighted by molar-refractivity contribution is 0.0600. The molecule has 1 heterocycles. The number of aromatic nitrogens is 1. The average Bonchev–Trinajstić information content (AvgIpc) is 3.10. The molecular weight excluding hydrogens is 362 g/mol. The minimum Gasteiger partial charge on any atom is -0.465 e. The lowest BCUT2D eigenvalue weighted by Crippen LogP contribution is -2.18. The number of H-pyrrole nitrogens is 1. The second-order valence-electron chi connectivity index (χ2n) is 6.66. The van der Waals surface area contributed by atoms with Crippen LogP contribution in [0.4, 0.5) is 0 Å². The molecule has 1 atom stereocenters. The van der Waals surface area contributed by atoms with Gasteiger partial charge in [0.1, 0.15) is 0 Å². The molecule has 0 saturated carbocycles. The lowest BCUT2D eigenvalue weighted by atomic mass is 9.89. The topological polar surface area (TPSA) is 59.2 Å². The maximum absolute atomic E-state index is 13.1. The van der Waals surface area contributed by atoms with E-state index in [4.69, 9.17) is 16.3 Å². The van der Waals surface area contributed by atoms with Crippen molar-refractivity contribution < 1.29 is 14.3 Å². The maximum Gasteiger partial charge on any atom is 0.337 e. The van der Waals surface area contributed by atoms with Crippen LogP contribution in [0.3, 0.4) is 0 Å². The molecule has 0 saturated heterocycles. The smallest absolute Gasteiger partial charge is 0.337 e. The van der Waals surface area contributed by atoms with Gasteiger partial charge in [-0.1, -0.05) is 37.1 Å².